The van der Waals surface area contributed by atoms with Gasteiger partial charge >= 0.3 is 6.03 Å². The molecule has 27 heavy (non-hydrogen) atoms. The van der Waals surface area contributed by atoms with Crippen molar-refractivity contribution in [3.63, 3.8) is 0 Å². The van der Waals surface area contributed by atoms with Gasteiger partial charge in [0.2, 0.25) is 5.91 Å². The first-order valence-corrected chi connectivity index (χ1v) is 9.51. The Morgan fingerprint density at radius 1 is 0.963 bits per heavy atom. The number of nitrogens with one attached hydrogen (secondary N) is 2. The molecule has 1 atom stereocenters. The molecule has 6 heteroatoms. The number of hydrogen-bond donors (Lipinski definition) is 3. The minimum absolute atomic E-state index is 0.114. The molecule has 1 aromatic heterocycles. The van der Waals surface area contributed by atoms with Crippen molar-refractivity contribution < 1.29 is 9.59 Å². The van der Waals surface area contributed by atoms with Crippen LogP contribution in [-0.4, -0.2) is 11.9 Å². The number of urea groups is 1. The smallest absolute Gasteiger partial charge is 0.312 e. The molecule has 0 fully saturated rings. The first kappa shape index (κ1) is 18.7. The molecule has 0 aliphatic rings. The van der Waals surface area contributed by atoms with Crippen LogP contribution >= 0.6 is 11.3 Å². The maximum absolute atomic E-state index is 12.6. The summed E-state index contributed by atoms with van der Waals surface area (Å²) in [6, 6.07) is 20.5. The summed E-state index contributed by atoms with van der Waals surface area (Å²) < 4.78 is 0. The number of primary amides is 1. The highest BCUT2D eigenvalue weighted by Crippen LogP contribution is 2.24. The lowest BCUT2D eigenvalue weighted by molar-refractivity contribution is -0.116. The van der Waals surface area contributed by atoms with E-state index in [2.05, 4.69) is 22.8 Å². The highest BCUT2D eigenvalue weighted by Gasteiger charge is 2.19. The number of anilines is 1. The van der Waals surface area contributed by atoms with Gasteiger partial charge in [-0.25, -0.2) is 4.79 Å². The average Bonchev–Trinajstić information content (AvgIpc) is 3.18. The van der Waals surface area contributed by atoms with Gasteiger partial charge in [0.25, 0.3) is 0 Å². The third-order valence-corrected chi connectivity index (χ3v) is 5.11. The van der Waals surface area contributed by atoms with E-state index in [1.54, 1.807) is 0 Å². The second kappa shape index (κ2) is 9.00. The highest BCUT2D eigenvalue weighted by atomic mass is 32.1. The Bertz CT molecular complexity index is 895. The van der Waals surface area contributed by atoms with Gasteiger partial charge in [0.05, 0.1) is 12.5 Å². The molecule has 1 unspecified atom stereocenters. The quantitative estimate of drug-likeness (QED) is 0.578. The molecule has 0 saturated heterocycles. The van der Waals surface area contributed by atoms with Crippen LogP contribution < -0.4 is 16.4 Å². The van der Waals surface area contributed by atoms with Crippen molar-refractivity contribution in [3.05, 3.63) is 88.1 Å². The fourth-order valence-electron chi connectivity index (χ4n) is 2.88. The first-order chi connectivity index (χ1) is 13.1. The van der Waals surface area contributed by atoms with E-state index in [0.29, 0.717) is 0 Å². The monoisotopic (exact) mass is 379 g/mol. The van der Waals surface area contributed by atoms with Gasteiger partial charge in [-0.1, -0.05) is 54.6 Å². The Labute approximate surface area is 162 Å². The Morgan fingerprint density at radius 3 is 2.41 bits per heavy atom. The zero-order chi connectivity index (χ0) is 19.1. The van der Waals surface area contributed by atoms with Crippen molar-refractivity contribution in [1.29, 1.82) is 0 Å². The standard InChI is InChI=1S/C21H21N3O2S/c22-21(26)24-18(19-11-6-12-27-19)14-20(25)23-17-10-5-4-9-16(17)13-15-7-2-1-3-8-15/h1-12,18H,13-14H2,(H,23,25)(H3,22,24,26). The Balaban J connectivity index is 1.71. The summed E-state index contributed by atoms with van der Waals surface area (Å²) in [5, 5.41) is 7.51. The predicted molar refractivity (Wildman–Crippen MR) is 109 cm³/mol. The van der Waals surface area contributed by atoms with E-state index < -0.39 is 12.1 Å². The van der Waals surface area contributed by atoms with Crippen LogP contribution in [0.3, 0.4) is 0 Å². The number of thiophene rings is 1. The summed E-state index contributed by atoms with van der Waals surface area (Å²) in [4.78, 5) is 24.8. The fourth-order valence-corrected chi connectivity index (χ4v) is 3.66. The molecule has 0 saturated carbocycles. The molecule has 4 N–H and O–H groups in total. The Morgan fingerprint density at radius 2 is 1.70 bits per heavy atom. The van der Waals surface area contributed by atoms with Gasteiger partial charge in [-0.05, 0) is 35.1 Å². The predicted octanol–water partition coefficient (Wildman–Crippen LogP) is 4.08. The molecule has 0 spiro atoms. The van der Waals surface area contributed by atoms with Crippen molar-refractivity contribution in [1.82, 2.24) is 5.32 Å². The molecule has 1 heterocycles. The van der Waals surface area contributed by atoms with E-state index in [4.69, 9.17) is 5.73 Å². The Kier molecular flexibility index (Phi) is 6.22. The lowest BCUT2D eigenvalue weighted by Gasteiger charge is -2.17. The topological polar surface area (TPSA) is 84.2 Å². The van der Waals surface area contributed by atoms with Crippen molar-refractivity contribution in [2.24, 2.45) is 5.73 Å². The number of rotatable bonds is 7. The largest absolute Gasteiger partial charge is 0.352 e. The lowest BCUT2D eigenvalue weighted by atomic mass is 10.0. The molecule has 3 amide bonds. The van der Waals surface area contributed by atoms with Gasteiger partial charge < -0.3 is 16.4 Å². The molecule has 0 aliphatic heterocycles. The number of hydrogen-bond acceptors (Lipinski definition) is 3. The molecular formula is C21H21N3O2S. The molecule has 3 rings (SSSR count). The van der Waals surface area contributed by atoms with Crippen molar-refractivity contribution in [2.75, 3.05) is 5.32 Å². The SMILES string of the molecule is NC(=O)NC(CC(=O)Nc1ccccc1Cc1ccccc1)c1cccs1. The second-order valence-corrected chi connectivity index (χ2v) is 7.13. The fraction of sp³-hybridized carbons (Fsp3) is 0.143. The maximum atomic E-state index is 12.6. The molecule has 0 radical (unpaired) electrons. The molecule has 138 valence electrons. The molecule has 3 aromatic rings. The third-order valence-electron chi connectivity index (χ3n) is 4.12. The number of amides is 3. The van der Waals surface area contributed by atoms with Gasteiger partial charge in [0, 0.05) is 10.6 Å². The summed E-state index contributed by atoms with van der Waals surface area (Å²) >= 11 is 1.48. The van der Waals surface area contributed by atoms with Crippen LogP contribution in [0.1, 0.15) is 28.5 Å². The summed E-state index contributed by atoms with van der Waals surface area (Å²) in [6.07, 6.45) is 0.842. The van der Waals surface area contributed by atoms with E-state index in [1.807, 2.05) is 60.0 Å². The van der Waals surface area contributed by atoms with Crippen molar-refractivity contribution in [2.45, 2.75) is 18.9 Å². The normalized spacial score (nSPS) is 11.6. The minimum Gasteiger partial charge on any atom is -0.352 e. The third kappa shape index (κ3) is 5.43. The summed E-state index contributed by atoms with van der Waals surface area (Å²) in [7, 11) is 0. The molecular weight excluding hydrogens is 358 g/mol. The molecule has 0 aliphatic carbocycles. The number of para-hydroxylation sites is 1. The zero-order valence-corrected chi connectivity index (χ0v) is 15.5. The number of benzene rings is 2. The van der Waals surface area contributed by atoms with Crippen LogP contribution in [0.4, 0.5) is 10.5 Å². The van der Waals surface area contributed by atoms with E-state index in [1.165, 1.54) is 16.9 Å². The highest BCUT2D eigenvalue weighted by molar-refractivity contribution is 7.10. The van der Waals surface area contributed by atoms with Crippen molar-refractivity contribution >= 4 is 29.0 Å². The summed E-state index contributed by atoms with van der Waals surface area (Å²) in [5.41, 5.74) is 8.24. The molecule has 0 bridgehead atoms. The van der Waals surface area contributed by atoms with Crippen LogP contribution in [-0.2, 0) is 11.2 Å². The summed E-state index contributed by atoms with van der Waals surface area (Å²) in [6.45, 7) is 0. The van der Waals surface area contributed by atoms with Gasteiger partial charge in [0.1, 0.15) is 0 Å². The van der Waals surface area contributed by atoms with E-state index in [0.717, 1.165) is 22.5 Å². The van der Waals surface area contributed by atoms with Crippen LogP contribution in [0.15, 0.2) is 72.1 Å². The second-order valence-electron chi connectivity index (χ2n) is 6.15. The average molecular weight is 379 g/mol. The van der Waals surface area contributed by atoms with Crippen molar-refractivity contribution in [3.8, 4) is 0 Å². The molecule has 2 aromatic carbocycles. The van der Waals surface area contributed by atoms with Gasteiger partial charge in [-0.3, -0.25) is 4.79 Å². The zero-order valence-electron chi connectivity index (χ0n) is 14.7. The van der Waals surface area contributed by atoms with Gasteiger partial charge in [-0.15, -0.1) is 11.3 Å². The Hall–Kier alpha value is -3.12. The number of carbonyl (C=O) groups is 2. The van der Waals surface area contributed by atoms with Gasteiger partial charge in [-0.2, -0.15) is 0 Å². The van der Waals surface area contributed by atoms with E-state index in [9.17, 15) is 9.59 Å². The maximum Gasteiger partial charge on any atom is 0.312 e. The van der Waals surface area contributed by atoms with E-state index in [-0.39, 0.29) is 12.3 Å². The van der Waals surface area contributed by atoms with Crippen LogP contribution in [0.2, 0.25) is 0 Å². The molecule has 5 nitrogen and oxygen atoms in total. The first-order valence-electron chi connectivity index (χ1n) is 8.63. The number of nitrogens with two attached hydrogens (primary N) is 1. The van der Waals surface area contributed by atoms with Crippen LogP contribution in [0.5, 0.6) is 0 Å². The van der Waals surface area contributed by atoms with Crippen LogP contribution in [0.25, 0.3) is 0 Å². The summed E-state index contributed by atoms with van der Waals surface area (Å²) in [5.74, 6) is -0.178. The number of carbonyl (C=O) groups excluding carboxylic acids is 2. The minimum atomic E-state index is -0.648. The van der Waals surface area contributed by atoms with Crippen LogP contribution in [0, 0.1) is 0 Å². The lowest BCUT2D eigenvalue weighted by Crippen LogP contribution is -2.34. The van der Waals surface area contributed by atoms with E-state index >= 15 is 0 Å². The van der Waals surface area contributed by atoms with Gasteiger partial charge in [0.15, 0.2) is 0 Å².